The van der Waals surface area contributed by atoms with Crippen molar-refractivity contribution in [1.82, 2.24) is 5.32 Å². The highest BCUT2D eigenvalue weighted by Gasteiger charge is 2.42. The lowest BCUT2D eigenvalue weighted by Crippen LogP contribution is -2.64. The highest BCUT2D eigenvalue weighted by molar-refractivity contribution is 7.80. The van der Waals surface area contributed by atoms with E-state index in [-0.39, 0.29) is 22.8 Å². The summed E-state index contributed by atoms with van der Waals surface area (Å²) < 4.78 is 28.2. The molecule has 0 radical (unpaired) electrons. The number of thiocarbonyl (C=S) groups is 1. The molecule has 0 unspecified atom stereocenters. The highest BCUT2D eigenvalue weighted by atomic mass is 32.1. The molecule has 0 atom stereocenters. The normalized spacial score (nSPS) is 17.6. The standard InChI is InChI=1S/C13H13F2N3O2S/c1-13(2)12(20)17-8(19)5-18(13)7-4-3-6(11(16)21)9(14)10(7)15/h3-4H,5H2,1-2H3,(H2,16,21)(H,17,19,20). The van der Waals surface area contributed by atoms with E-state index < -0.39 is 29.0 Å². The zero-order chi connectivity index (χ0) is 15.9. The minimum atomic E-state index is -1.20. The molecule has 5 nitrogen and oxygen atoms in total. The van der Waals surface area contributed by atoms with Crippen LogP contribution in [0, 0.1) is 11.6 Å². The number of piperazine rings is 1. The number of nitrogens with zero attached hydrogens (tertiary/aromatic N) is 1. The van der Waals surface area contributed by atoms with Gasteiger partial charge in [0.2, 0.25) is 5.91 Å². The number of hydrogen-bond acceptors (Lipinski definition) is 4. The van der Waals surface area contributed by atoms with E-state index in [9.17, 15) is 18.4 Å². The molecule has 0 aliphatic carbocycles. The van der Waals surface area contributed by atoms with Crippen LogP contribution in [-0.4, -0.2) is 28.9 Å². The van der Waals surface area contributed by atoms with Crippen LogP contribution in [0.4, 0.5) is 14.5 Å². The van der Waals surface area contributed by atoms with Crippen molar-refractivity contribution in [3.63, 3.8) is 0 Å². The number of carbonyl (C=O) groups is 2. The number of nitrogens with two attached hydrogens (primary N) is 1. The fourth-order valence-electron chi connectivity index (χ4n) is 2.11. The third kappa shape index (κ3) is 2.46. The van der Waals surface area contributed by atoms with Gasteiger partial charge in [-0.2, -0.15) is 0 Å². The van der Waals surface area contributed by atoms with Gasteiger partial charge in [-0.3, -0.25) is 14.9 Å². The zero-order valence-electron chi connectivity index (χ0n) is 11.4. The summed E-state index contributed by atoms with van der Waals surface area (Å²) in [7, 11) is 0. The molecule has 112 valence electrons. The lowest BCUT2D eigenvalue weighted by atomic mass is 9.97. The minimum Gasteiger partial charge on any atom is -0.389 e. The number of nitrogens with one attached hydrogen (secondary N) is 1. The van der Waals surface area contributed by atoms with Crippen LogP contribution in [0.5, 0.6) is 0 Å². The van der Waals surface area contributed by atoms with Gasteiger partial charge in [0, 0.05) is 5.56 Å². The van der Waals surface area contributed by atoms with Crippen molar-refractivity contribution in [3.05, 3.63) is 29.3 Å². The molecule has 1 aromatic rings. The third-order valence-electron chi connectivity index (χ3n) is 3.40. The molecule has 1 aliphatic rings. The number of anilines is 1. The van der Waals surface area contributed by atoms with E-state index in [1.54, 1.807) is 0 Å². The molecule has 1 aromatic carbocycles. The van der Waals surface area contributed by atoms with Crippen LogP contribution in [0.2, 0.25) is 0 Å². The molecule has 21 heavy (non-hydrogen) atoms. The Labute approximate surface area is 125 Å². The number of benzene rings is 1. The Hall–Kier alpha value is -2.09. The zero-order valence-corrected chi connectivity index (χ0v) is 12.2. The molecule has 2 amide bonds. The molecule has 0 spiro atoms. The number of carbonyl (C=O) groups excluding carboxylic acids is 2. The molecule has 2 rings (SSSR count). The van der Waals surface area contributed by atoms with Crippen LogP contribution in [0.1, 0.15) is 19.4 Å². The smallest absolute Gasteiger partial charge is 0.251 e. The Kier molecular flexibility index (Phi) is 3.66. The van der Waals surface area contributed by atoms with E-state index in [2.05, 4.69) is 17.5 Å². The Morgan fingerprint density at radius 3 is 2.52 bits per heavy atom. The number of imide groups is 1. The number of hydrogen-bond donors (Lipinski definition) is 2. The Morgan fingerprint density at radius 1 is 1.33 bits per heavy atom. The number of amides is 2. The van der Waals surface area contributed by atoms with Crippen molar-refractivity contribution in [2.45, 2.75) is 19.4 Å². The summed E-state index contributed by atoms with van der Waals surface area (Å²) in [5.41, 5.74) is 3.68. The van der Waals surface area contributed by atoms with Gasteiger partial charge in [0.15, 0.2) is 11.6 Å². The molecule has 1 aliphatic heterocycles. The first-order valence-corrected chi connectivity index (χ1v) is 6.46. The SMILES string of the molecule is CC1(C)C(=O)NC(=O)CN1c1ccc(C(N)=S)c(F)c1F. The van der Waals surface area contributed by atoms with Crippen LogP contribution in [-0.2, 0) is 9.59 Å². The second-order valence-corrected chi connectivity index (χ2v) is 5.59. The van der Waals surface area contributed by atoms with E-state index in [1.807, 2.05) is 0 Å². The number of halogens is 2. The maximum absolute atomic E-state index is 14.2. The van der Waals surface area contributed by atoms with Crippen LogP contribution in [0.15, 0.2) is 12.1 Å². The first-order valence-electron chi connectivity index (χ1n) is 6.06. The van der Waals surface area contributed by atoms with Gasteiger partial charge in [-0.05, 0) is 26.0 Å². The molecule has 8 heteroatoms. The summed E-state index contributed by atoms with van der Waals surface area (Å²) in [5.74, 6) is -3.57. The lowest BCUT2D eigenvalue weighted by Gasteiger charge is -2.41. The first kappa shape index (κ1) is 15.3. The molecule has 1 heterocycles. The summed E-state index contributed by atoms with van der Waals surface area (Å²) in [6.45, 7) is 2.75. The van der Waals surface area contributed by atoms with E-state index in [4.69, 9.17) is 5.73 Å². The maximum Gasteiger partial charge on any atom is 0.251 e. The Morgan fingerprint density at radius 2 is 1.95 bits per heavy atom. The van der Waals surface area contributed by atoms with Gasteiger partial charge in [-0.25, -0.2) is 8.78 Å². The fraction of sp³-hybridized carbons (Fsp3) is 0.308. The van der Waals surface area contributed by atoms with Gasteiger partial charge in [0.05, 0.1) is 12.2 Å². The second kappa shape index (κ2) is 5.03. The molecule has 3 N–H and O–H groups in total. The molecular formula is C13H13F2N3O2S. The van der Waals surface area contributed by atoms with E-state index in [0.29, 0.717) is 0 Å². The molecule has 1 saturated heterocycles. The van der Waals surface area contributed by atoms with Gasteiger partial charge in [-0.1, -0.05) is 12.2 Å². The van der Waals surface area contributed by atoms with Crippen molar-refractivity contribution in [2.75, 3.05) is 11.4 Å². The van der Waals surface area contributed by atoms with E-state index in [1.165, 1.54) is 30.9 Å². The van der Waals surface area contributed by atoms with E-state index >= 15 is 0 Å². The van der Waals surface area contributed by atoms with Crippen molar-refractivity contribution in [1.29, 1.82) is 0 Å². The van der Waals surface area contributed by atoms with Crippen LogP contribution >= 0.6 is 12.2 Å². The largest absolute Gasteiger partial charge is 0.389 e. The van der Waals surface area contributed by atoms with Gasteiger partial charge in [0.1, 0.15) is 10.5 Å². The van der Waals surface area contributed by atoms with Gasteiger partial charge >= 0.3 is 0 Å². The summed E-state index contributed by atoms with van der Waals surface area (Å²) >= 11 is 4.63. The van der Waals surface area contributed by atoms with Crippen LogP contribution < -0.4 is 16.0 Å². The Bertz CT molecular complexity index is 661. The lowest BCUT2D eigenvalue weighted by molar-refractivity contribution is -0.135. The minimum absolute atomic E-state index is 0.194. The van der Waals surface area contributed by atoms with Crippen molar-refractivity contribution >= 4 is 34.7 Å². The predicted octanol–water partition coefficient (Wildman–Crippen LogP) is 0.840. The molecule has 0 bridgehead atoms. The van der Waals surface area contributed by atoms with E-state index in [0.717, 1.165) is 0 Å². The monoisotopic (exact) mass is 313 g/mol. The molecule has 0 aromatic heterocycles. The molecule has 1 fully saturated rings. The predicted molar refractivity (Wildman–Crippen MR) is 76.8 cm³/mol. The van der Waals surface area contributed by atoms with Crippen LogP contribution in [0.25, 0.3) is 0 Å². The second-order valence-electron chi connectivity index (χ2n) is 5.15. The first-order chi connectivity index (χ1) is 9.66. The quantitative estimate of drug-likeness (QED) is 0.625. The molecular weight excluding hydrogens is 300 g/mol. The summed E-state index contributed by atoms with van der Waals surface area (Å²) in [6, 6.07) is 2.48. The topological polar surface area (TPSA) is 75.4 Å². The van der Waals surface area contributed by atoms with Crippen LogP contribution in [0.3, 0.4) is 0 Å². The summed E-state index contributed by atoms with van der Waals surface area (Å²) in [6.07, 6.45) is 0. The highest BCUT2D eigenvalue weighted by Crippen LogP contribution is 2.31. The van der Waals surface area contributed by atoms with Gasteiger partial charge in [0.25, 0.3) is 5.91 Å². The number of rotatable bonds is 2. The average Bonchev–Trinajstić information content (AvgIpc) is 2.37. The fourth-order valence-corrected chi connectivity index (χ4v) is 2.26. The maximum atomic E-state index is 14.2. The summed E-state index contributed by atoms with van der Waals surface area (Å²) in [5, 5.41) is 2.16. The van der Waals surface area contributed by atoms with Gasteiger partial charge < -0.3 is 10.6 Å². The van der Waals surface area contributed by atoms with Gasteiger partial charge in [-0.15, -0.1) is 0 Å². The third-order valence-corrected chi connectivity index (χ3v) is 3.62. The van der Waals surface area contributed by atoms with Crippen molar-refractivity contribution in [2.24, 2.45) is 5.73 Å². The Balaban J connectivity index is 2.55. The van der Waals surface area contributed by atoms with Crippen molar-refractivity contribution in [3.8, 4) is 0 Å². The van der Waals surface area contributed by atoms with Crippen molar-refractivity contribution < 1.29 is 18.4 Å². The summed E-state index contributed by atoms with van der Waals surface area (Å²) in [4.78, 5) is 24.3. The molecule has 0 saturated carbocycles. The average molecular weight is 313 g/mol.